The molecule has 2 saturated heterocycles. The maximum atomic E-state index is 11.7. The molecule has 2 unspecified atom stereocenters. The van der Waals surface area contributed by atoms with E-state index in [1.807, 2.05) is 0 Å². The number of piperidine rings is 1. The lowest BCUT2D eigenvalue weighted by Gasteiger charge is -2.39. The van der Waals surface area contributed by atoms with Crippen LogP contribution in [0.1, 0.15) is 59.1 Å². The third kappa shape index (κ3) is 5.01. The van der Waals surface area contributed by atoms with Gasteiger partial charge >= 0.3 is 5.97 Å². The molecular formula is C34H41N3O4S. The van der Waals surface area contributed by atoms with Gasteiger partial charge in [-0.3, -0.25) is 9.69 Å². The lowest BCUT2D eigenvalue weighted by molar-refractivity contribution is -0.144. The van der Waals surface area contributed by atoms with Gasteiger partial charge in [0.15, 0.2) is 5.13 Å². The Morgan fingerprint density at radius 2 is 2.00 bits per heavy atom. The summed E-state index contributed by atoms with van der Waals surface area (Å²) in [6.45, 7) is 12.6. The number of carbonyl (C=O) groups is 1. The topological polar surface area (TPSA) is 75.1 Å². The van der Waals surface area contributed by atoms with Gasteiger partial charge in [-0.1, -0.05) is 17.7 Å². The van der Waals surface area contributed by atoms with E-state index in [1.54, 1.807) is 11.3 Å². The molecule has 0 spiro atoms. The van der Waals surface area contributed by atoms with Gasteiger partial charge in [-0.05, 0) is 98.7 Å². The first kappa shape index (κ1) is 27.9. The van der Waals surface area contributed by atoms with E-state index in [9.17, 15) is 9.90 Å². The average molecular weight is 588 g/mol. The van der Waals surface area contributed by atoms with Crippen LogP contribution in [0.5, 0.6) is 5.75 Å². The number of carboxylic acids is 1. The number of nitrogens with zero attached hydrogens (tertiary/aromatic N) is 3. The van der Waals surface area contributed by atoms with Gasteiger partial charge in [0.25, 0.3) is 0 Å². The number of hydrogen-bond acceptors (Lipinski definition) is 7. The number of benzene rings is 2. The summed E-state index contributed by atoms with van der Waals surface area (Å²) < 4.78 is 12.2. The number of hydrogen-bond donors (Lipinski definition) is 1. The molecule has 3 aromatic rings. The second kappa shape index (κ2) is 11.0. The highest BCUT2D eigenvalue weighted by molar-refractivity contribution is 7.14. The highest BCUT2D eigenvalue weighted by Gasteiger charge is 2.62. The Morgan fingerprint density at radius 3 is 2.79 bits per heavy atom. The monoisotopic (exact) mass is 587 g/mol. The summed E-state index contributed by atoms with van der Waals surface area (Å²) in [4.78, 5) is 21.7. The fraction of sp³-hybridized carbons (Fsp3) is 0.529. The lowest BCUT2D eigenvalue weighted by Crippen LogP contribution is -2.42. The summed E-state index contributed by atoms with van der Waals surface area (Å²) in [5.41, 5.74) is 9.63. The maximum Gasteiger partial charge on any atom is 0.310 e. The van der Waals surface area contributed by atoms with Gasteiger partial charge in [-0.25, -0.2) is 4.98 Å². The molecular weight excluding hydrogens is 546 g/mol. The Kier molecular flexibility index (Phi) is 7.27. The van der Waals surface area contributed by atoms with Gasteiger partial charge in [0.1, 0.15) is 12.4 Å². The quantitative estimate of drug-likeness (QED) is 0.355. The first-order valence-corrected chi connectivity index (χ1v) is 16.3. The van der Waals surface area contributed by atoms with Crippen molar-refractivity contribution in [2.24, 2.45) is 11.3 Å². The van der Waals surface area contributed by atoms with E-state index in [0.717, 1.165) is 87.2 Å². The second-order valence-corrected chi connectivity index (χ2v) is 13.7. The van der Waals surface area contributed by atoms with E-state index >= 15 is 0 Å². The Hall–Kier alpha value is -2.94. The van der Waals surface area contributed by atoms with Crippen LogP contribution in [0, 0.1) is 32.1 Å². The molecule has 0 radical (unpaired) electrons. The molecule has 0 bridgehead atoms. The molecule has 3 aliphatic heterocycles. The minimum atomic E-state index is -0.630. The summed E-state index contributed by atoms with van der Waals surface area (Å²) in [6, 6.07) is 9.31. The molecule has 4 heterocycles. The first-order chi connectivity index (χ1) is 20.3. The summed E-state index contributed by atoms with van der Waals surface area (Å²) in [5.74, 6) is 0.459. The van der Waals surface area contributed by atoms with Crippen LogP contribution in [0.15, 0.2) is 29.6 Å². The molecule has 7 nitrogen and oxygen atoms in total. The van der Waals surface area contributed by atoms with E-state index in [-0.39, 0.29) is 5.92 Å². The van der Waals surface area contributed by atoms with Crippen molar-refractivity contribution in [3.05, 3.63) is 63.0 Å². The fourth-order valence-corrected chi connectivity index (χ4v) is 8.40. The van der Waals surface area contributed by atoms with Crippen molar-refractivity contribution in [2.75, 3.05) is 37.7 Å². The van der Waals surface area contributed by atoms with Crippen molar-refractivity contribution in [3.8, 4) is 17.0 Å². The van der Waals surface area contributed by atoms with Crippen LogP contribution in [0.4, 0.5) is 5.13 Å². The van der Waals surface area contributed by atoms with Crippen LogP contribution in [0.3, 0.4) is 0 Å². The van der Waals surface area contributed by atoms with Crippen LogP contribution in [0.2, 0.25) is 0 Å². The highest BCUT2D eigenvalue weighted by Crippen LogP contribution is 2.58. The maximum absolute atomic E-state index is 11.7. The van der Waals surface area contributed by atoms with Crippen molar-refractivity contribution in [2.45, 2.75) is 72.1 Å². The summed E-state index contributed by atoms with van der Waals surface area (Å²) in [5, 5.41) is 12.7. The molecule has 1 aromatic heterocycles. The largest absolute Gasteiger partial charge is 0.488 e. The molecule has 222 valence electrons. The molecule has 0 amide bonds. The van der Waals surface area contributed by atoms with Crippen LogP contribution in [-0.2, 0) is 29.1 Å². The predicted molar refractivity (Wildman–Crippen MR) is 165 cm³/mol. The van der Waals surface area contributed by atoms with Gasteiger partial charge in [-0.2, -0.15) is 0 Å². The summed E-state index contributed by atoms with van der Waals surface area (Å²) >= 11 is 1.64. The van der Waals surface area contributed by atoms with Gasteiger partial charge in [0.2, 0.25) is 0 Å². The van der Waals surface area contributed by atoms with E-state index in [4.69, 9.17) is 14.5 Å². The number of carboxylic acid groups (broad SMARTS) is 1. The Labute approximate surface area is 252 Å². The Balaban J connectivity index is 1.07. The van der Waals surface area contributed by atoms with Gasteiger partial charge in [0.05, 0.1) is 11.1 Å². The van der Waals surface area contributed by atoms with E-state index in [0.29, 0.717) is 19.1 Å². The van der Waals surface area contributed by atoms with Crippen LogP contribution in [-0.4, -0.2) is 59.8 Å². The predicted octanol–water partition coefficient (Wildman–Crippen LogP) is 6.15. The lowest BCUT2D eigenvalue weighted by atomic mass is 9.87. The van der Waals surface area contributed by atoms with E-state index in [2.05, 4.69) is 60.2 Å². The fourth-order valence-electron chi connectivity index (χ4n) is 7.54. The number of fused-ring (bicyclic) bond motifs is 2. The van der Waals surface area contributed by atoms with Gasteiger partial charge in [-0.15, -0.1) is 11.3 Å². The number of anilines is 1. The molecule has 7 rings (SSSR count). The standard InChI is InChI=1S/C34H41N3O4S/c1-21-4-5-31(28(14-21)30-20-42-33(35-30)37-11-9-34(32(38)39)16-25(34)17-37)41-19-24-15-22(2)29-18-36(10-6-27(29)23(24)3)26-7-12-40-13-8-26/h4-5,14-15,20,25-26H,6-13,16-19H2,1-3H3,(H,38,39). The second-order valence-electron chi connectivity index (χ2n) is 12.9. The molecule has 1 aliphatic carbocycles. The zero-order valence-electron chi connectivity index (χ0n) is 24.9. The van der Waals surface area contributed by atoms with E-state index < -0.39 is 11.4 Å². The van der Waals surface area contributed by atoms with Gasteiger partial charge in [0, 0.05) is 56.4 Å². The minimum Gasteiger partial charge on any atom is -0.488 e. The third-order valence-corrected chi connectivity index (χ3v) is 11.3. The molecule has 3 fully saturated rings. The molecule has 4 aliphatic rings. The Morgan fingerprint density at radius 1 is 1.17 bits per heavy atom. The third-order valence-electron chi connectivity index (χ3n) is 10.4. The molecule has 1 saturated carbocycles. The molecule has 2 atom stereocenters. The molecule has 42 heavy (non-hydrogen) atoms. The average Bonchev–Trinajstić information content (AvgIpc) is 3.56. The van der Waals surface area contributed by atoms with Crippen molar-refractivity contribution in [1.29, 1.82) is 0 Å². The first-order valence-electron chi connectivity index (χ1n) is 15.4. The number of rotatable bonds is 7. The minimum absolute atomic E-state index is 0.238. The number of aromatic nitrogens is 1. The molecule has 2 aromatic carbocycles. The van der Waals surface area contributed by atoms with Crippen molar-refractivity contribution >= 4 is 22.4 Å². The smallest absolute Gasteiger partial charge is 0.310 e. The number of ether oxygens (including phenoxy) is 2. The van der Waals surface area contributed by atoms with Crippen molar-refractivity contribution in [3.63, 3.8) is 0 Å². The van der Waals surface area contributed by atoms with Crippen LogP contribution < -0.4 is 9.64 Å². The number of thiazole rings is 1. The summed E-state index contributed by atoms with van der Waals surface area (Å²) in [6.07, 6.45) is 4.87. The van der Waals surface area contributed by atoms with Crippen LogP contribution >= 0.6 is 11.3 Å². The SMILES string of the molecule is Cc1ccc(OCc2cc(C)c3c(c2C)CCN(C2CCOCC2)C3)c(-c2csc(N3CCC4(C(=O)O)CC4C3)n2)c1. The van der Waals surface area contributed by atoms with Crippen LogP contribution in [0.25, 0.3) is 11.3 Å². The van der Waals surface area contributed by atoms with Gasteiger partial charge < -0.3 is 19.5 Å². The highest BCUT2D eigenvalue weighted by atomic mass is 32.1. The molecule has 1 N–H and O–H groups in total. The zero-order chi connectivity index (χ0) is 29.0. The van der Waals surface area contributed by atoms with Crippen molar-refractivity contribution in [1.82, 2.24) is 9.88 Å². The number of aliphatic carboxylic acids is 1. The molecule has 8 heteroatoms. The normalized spacial score (nSPS) is 24.3. The zero-order valence-corrected chi connectivity index (χ0v) is 25.8. The Bertz CT molecular complexity index is 1510. The number of aryl methyl sites for hydroxylation is 2. The summed E-state index contributed by atoms with van der Waals surface area (Å²) in [7, 11) is 0. The van der Waals surface area contributed by atoms with E-state index in [1.165, 1.54) is 33.4 Å². The van der Waals surface area contributed by atoms with Crippen molar-refractivity contribution < 1.29 is 19.4 Å².